The van der Waals surface area contributed by atoms with E-state index in [9.17, 15) is 0 Å². The highest BCUT2D eigenvalue weighted by Gasteiger charge is 2.03. The van der Waals surface area contributed by atoms with Crippen molar-refractivity contribution in [2.24, 2.45) is 0 Å². The van der Waals surface area contributed by atoms with Crippen LogP contribution in [-0.4, -0.2) is 29.2 Å². The molecule has 15 heavy (non-hydrogen) atoms. The first-order valence-corrected chi connectivity index (χ1v) is 5.95. The molecule has 0 aromatic heterocycles. The van der Waals surface area contributed by atoms with Crippen molar-refractivity contribution in [3.63, 3.8) is 0 Å². The van der Waals surface area contributed by atoms with E-state index >= 15 is 0 Å². The topological polar surface area (TPSA) is 23.5 Å². The quantitative estimate of drug-likeness (QED) is 0.776. The van der Waals surface area contributed by atoms with Crippen molar-refractivity contribution in [3.8, 4) is 0 Å². The Morgan fingerprint density at radius 1 is 1.47 bits per heavy atom. The minimum Gasteiger partial charge on any atom is -0.393 e. The second-order valence-corrected chi connectivity index (χ2v) is 3.73. The lowest BCUT2D eigenvalue weighted by Crippen LogP contribution is -2.21. The summed E-state index contributed by atoms with van der Waals surface area (Å²) in [7, 11) is 0. The Morgan fingerprint density at radius 2 is 2.13 bits per heavy atom. The Hall–Kier alpha value is -0.760. The summed E-state index contributed by atoms with van der Waals surface area (Å²) in [4.78, 5) is 2.26. The summed E-state index contributed by atoms with van der Waals surface area (Å²) in [6.07, 6.45) is 8.28. The van der Waals surface area contributed by atoms with Crippen molar-refractivity contribution in [3.05, 3.63) is 23.9 Å². The number of aliphatic hydroxyl groups excluding tert-OH is 1. The molecule has 0 bridgehead atoms. The van der Waals surface area contributed by atoms with E-state index in [1.165, 1.54) is 5.57 Å². The van der Waals surface area contributed by atoms with Crippen LogP contribution >= 0.6 is 0 Å². The van der Waals surface area contributed by atoms with Gasteiger partial charge >= 0.3 is 0 Å². The van der Waals surface area contributed by atoms with Gasteiger partial charge in [0.05, 0.1) is 6.10 Å². The van der Waals surface area contributed by atoms with Crippen molar-refractivity contribution >= 4 is 0 Å². The number of nitrogens with zero attached hydrogens (tertiary/aromatic N) is 1. The Kier molecular flexibility index (Phi) is 8.11. The van der Waals surface area contributed by atoms with E-state index in [0.29, 0.717) is 0 Å². The van der Waals surface area contributed by atoms with Gasteiger partial charge in [-0.25, -0.2) is 0 Å². The normalized spacial score (nSPS) is 17.4. The van der Waals surface area contributed by atoms with E-state index in [4.69, 9.17) is 5.11 Å². The van der Waals surface area contributed by atoms with Gasteiger partial charge in [-0.3, -0.25) is 0 Å². The van der Waals surface area contributed by atoms with E-state index in [2.05, 4.69) is 30.2 Å². The van der Waals surface area contributed by atoms with Gasteiger partial charge in [0.1, 0.15) is 0 Å². The fraction of sp³-hybridized carbons (Fsp3) is 0.692. The Balaban J connectivity index is 0.000000921. The third-order valence-electron chi connectivity index (χ3n) is 2.26. The molecule has 0 aliphatic carbocycles. The van der Waals surface area contributed by atoms with Crippen molar-refractivity contribution < 1.29 is 5.11 Å². The Bertz CT molecular complexity index is 207. The summed E-state index contributed by atoms with van der Waals surface area (Å²) < 4.78 is 0. The highest BCUT2D eigenvalue weighted by molar-refractivity contribution is 5.17. The third kappa shape index (κ3) is 7.20. The first-order chi connectivity index (χ1) is 7.18. The van der Waals surface area contributed by atoms with Gasteiger partial charge in [-0.15, -0.1) is 0 Å². The van der Waals surface area contributed by atoms with Gasteiger partial charge < -0.3 is 10.0 Å². The molecule has 0 amide bonds. The van der Waals surface area contributed by atoms with E-state index in [1.54, 1.807) is 0 Å². The maximum absolute atomic E-state index is 9.14. The molecular formula is C13H25NO. The Morgan fingerprint density at radius 3 is 2.73 bits per heavy atom. The maximum Gasteiger partial charge on any atom is 0.0528 e. The van der Waals surface area contributed by atoms with Crippen LogP contribution in [0.1, 0.15) is 40.5 Å². The SMILES string of the molecule is CC.CC1=CCCN(CC[C@H](C)O)C=C1. The lowest BCUT2D eigenvalue weighted by molar-refractivity contribution is 0.169. The van der Waals surface area contributed by atoms with Crippen LogP contribution in [0.3, 0.4) is 0 Å². The highest BCUT2D eigenvalue weighted by atomic mass is 16.3. The zero-order chi connectivity index (χ0) is 11.7. The zero-order valence-corrected chi connectivity index (χ0v) is 10.5. The van der Waals surface area contributed by atoms with E-state index < -0.39 is 0 Å². The lowest BCUT2D eigenvalue weighted by atomic mass is 10.2. The van der Waals surface area contributed by atoms with Crippen LogP contribution in [0, 0.1) is 0 Å². The van der Waals surface area contributed by atoms with Gasteiger partial charge in [-0.1, -0.05) is 25.5 Å². The van der Waals surface area contributed by atoms with Crippen LogP contribution in [0.25, 0.3) is 0 Å². The minimum absolute atomic E-state index is 0.189. The second-order valence-electron chi connectivity index (χ2n) is 3.73. The summed E-state index contributed by atoms with van der Waals surface area (Å²) in [6, 6.07) is 0. The monoisotopic (exact) mass is 211 g/mol. The predicted molar refractivity (Wildman–Crippen MR) is 66.7 cm³/mol. The number of rotatable bonds is 3. The molecule has 0 saturated carbocycles. The highest BCUT2D eigenvalue weighted by Crippen LogP contribution is 2.07. The standard InChI is InChI=1S/C11H19NO.C2H6/c1-10-4-3-7-12(8-5-10)9-6-11(2)13;1-2/h4-5,8,11,13H,3,6-7,9H2,1-2H3;1-2H3/t11-;/m0./s1. The summed E-state index contributed by atoms with van der Waals surface area (Å²) in [5.41, 5.74) is 1.33. The predicted octanol–water partition coefficient (Wildman–Crippen LogP) is 2.95. The molecule has 1 rings (SSSR count). The van der Waals surface area contributed by atoms with Gasteiger partial charge in [-0.2, -0.15) is 0 Å². The molecule has 88 valence electrons. The van der Waals surface area contributed by atoms with Crippen molar-refractivity contribution in [1.29, 1.82) is 0 Å². The van der Waals surface area contributed by atoms with Crippen LogP contribution < -0.4 is 0 Å². The summed E-state index contributed by atoms with van der Waals surface area (Å²) in [5, 5.41) is 9.14. The van der Waals surface area contributed by atoms with Gasteiger partial charge in [0.15, 0.2) is 0 Å². The lowest BCUT2D eigenvalue weighted by Gasteiger charge is -2.19. The van der Waals surface area contributed by atoms with Crippen LogP contribution in [-0.2, 0) is 0 Å². The minimum atomic E-state index is -0.189. The van der Waals surface area contributed by atoms with Crippen LogP contribution in [0.2, 0.25) is 0 Å². The molecule has 0 unspecified atom stereocenters. The van der Waals surface area contributed by atoms with Crippen molar-refractivity contribution in [1.82, 2.24) is 4.90 Å². The van der Waals surface area contributed by atoms with E-state index in [0.717, 1.165) is 25.9 Å². The first-order valence-electron chi connectivity index (χ1n) is 5.95. The van der Waals surface area contributed by atoms with E-state index in [1.807, 2.05) is 20.8 Å². The zero-order valence-electron chi connectivity index (χ0n) is 10.5. The molecule has 0 fully saturated rings. The summed E-state index contributed by atoms with van der Waals surface area (Å²) >= 11 is 0. The molecule has 1 N–H and O–H groups in total. The van der Waals surface area contributed by atoms with Crippen LogP contribution in [0.5, 0.6) is 0 Å². The molecule has 0 radical (unpaired) electrons. The van der Waals surface area contributed by atoms with Crippen LogP contribution in [0.4, 0.5) is 0 Å². The largest absolute Gasteiger partial charge is 0.393 e. The van der Waals surface area contributed by atoms with Gasteiger partial charge in [0, 0.05) is 13.1 Å². The third-order valence-corrected chi connectivity index (χ3v) is 2.26. The van der Waals surface area contributed by atoms with Gasteiger partial charge in [0.2, 0.25) is 0 Å². The fourth-order valence-electron chi connectivity index (χ4n) is 1.36. The maximum atomic E-state index is 9.14. The molecule has 2 heteroatoms. The Labute approximate surface area is 94.3 Å². The molecule has 1 heterocycles. The number of allylic oxidation sites excluding steroid dienone is 2. The summed E-state index contributed by atoms with van der Waals surface area (Å²) in [6.45, 7) is 9.98. The number of hydrogen-bond acceptors (Lipinski definition) is 2. The summed E-state index contributed by atoms with van der Waals surface area (Å²) in [5.74, 6) is 0. The van der Waals surface area contributed by atoms with Crippen LogP contribution in [0.15, 0.2) is 23.9 Å². The molecule has 1 aliphatic rings. The molecule has 0 aromatic carbocycles. The first kappa shape index (κ1) is 14.2. The van der Waals surface area contributed by atoms with E-state index in [-0.39, 0.29) is 6.10 Å². The average Bonchev–Trinajstić information content (AvgIpc) is 2.43. The molecule has 0 saturated heterocycles. The molecule has 1 atom stereocenters. The fourth-order valence-corrected chi connectivity index (χ4v) is 1.36. The van der Waals surface area contributed by atoms with Gasteiger partial charge in [-0.05, 0) is 39.0 Å². The van der Waals surface area contributed by atoms with Gasteiger partial charge in [0.25, 0.3) is 0 Å². The smallest absolute Gasteiger partial charge is 0.0528 e. The second kappa shape index (κ2) is 8.54. The van der Waals surface area contributed by atoms with Crippen molar-refractivity contribution in [2.45, 2.75) is 46.6 Å². The number of hydrogen-bond donors (Lipinski definition) is 1. The average molecular weight is 211 g/mol. The molecule has 2 nitrogen and oxygen atoms in total. The molecule has 1 aliphatic heterocycles. The molecular weight excluding hydrogens is 186 g/mol. The molecule has 0 aromatic rings. The molecule has 0 spiro atoms. The van der Waals surface area contributed by atoms with Crippen molar-refractivity contribution in [2.75, 3.05) is 13.1 Å². The number of aliphatic hydroxyl groups is 1.